The standard InChI is InChI=1S/C17H20O4/c18-14-5-7-17(13-4-2-1-3-12(13)14)9-15(21-16(17)19)11-6-8-20-10-11/h6,8,10,12-13,15H,1-5,7,9H2/t12-,13+,15+,17+/m1/s1. The molecule has 0 radical (unpaired) electrons. The molecule has 2 heterocycles. The van der Waals surface area contributed by atoms with Crippen molar-refractivity contribution in [1.29, 1.82) is 0 Å². The van der Waals surface area contributed by atoms with Crippen LogP contribution < -0.4 is 0 Å². The molecule has 1 spiro atoms. The van der Waals surface area contributed by atoms with Crippen LogP contribution in [0.25, 0.3) is 0 Å². The molecular weight excluding hydrogens is 268 g/mol. The molecule has 112 valence electrons. The predicted molar refractivity (Wildman–Crippen MR) is 74.3 cm³/mol. The van der Waals surface area contributed by atoms with E-state index in [2.05, 4.69) is 0 Å². The second-order valence-corrected chi connectivity index (χ2v) is 6.77. The lowest BCUT2D eigenvalue weighted by molar-refractivity contribution is -0.157. The molecule has 4 nitrogen and oxygen atoms in total. The number of ether oxygens (including phenoxy) is 1. The minimum Gasteiger partial charge on any atom is -0.472 e. The number of hydrogen-bond donors (Lipinski definition) is 0. The van der Waals surface area contributed by atoms with Crippen molar-refractivity contribution < 1.29 is 18.7 Å². The van der Waals surface area contributed by atoms with E-state index in [9.17, 15) is 9.59 Å². The molecule has 1 aromatic rings. The first kappa shape index (κ1) is 13.1. The van der Waals surface area contributed by atoms with Gasteiger partial charge in [0.2, 0.25) is 0 Å². The molecule has 4 atom stereocenters. The summed E-state index contributed by atoms with van der Waals surface area (Å²) in [6, 6.07) is 1.86. The van der Waals surface area contributed by atoms with Gasteiger partial charge in [-0.15, -0.1) is 0 Å². The van der Waals surface area contributed by atoms with E-state index in [0.29, 0.717) is 25.0 Å². The van der Waals surface area contributed by atoms with E-state index in [1.54, 1.807) is 12.5 Å². The smallest absolute Gasteiger partial charge is 0.313 e. The van der Waals surface area contributed by atoms with Gasteiger partial charge in [-0.05, 0) is 31.2 Å². The van der Waals surface area contributed by atoms with E-state index in [0.717, 1.165) is 31.2 Å². The Morgan fingerprint density at radius 2 is 2.05 bits per heavy atom. The van der Waals surface area contributed by atoms with Gasteiger partial charge in [0, 0.05) is 24.3 Å². The summed E-state index contributed by atoms with van der Waals surface area (Å²) >= 11 is 0. The summed E-state index contributed by atoms with van der Waals surface area (Å²) in [5.41, 5.74) is 0.505. The average Bonchev–Trinajstić information content (AvgIpc) is 3.13. The molecule has 3 fully saturated rings. The number of rotatable bonds is 1. The first-order valence-electron chi connectivity index (χ1n) is 7.96. The molecule has 0 amide bonds. The highest BCUT2D eigenvalue weighted by atomic mass is 16.6. The predicted octanol–water partition coefficient (Wildman–Crippen LogP) is 3.42. The average molecular weight is 288 g/mol. The Bertz CT molecular complexity index is 561. The summed E-state index contributed by atoms with van der Waals surface area (Å²) in [6.45, 7) is 0. The maximum absolute atomic E-state index is 12.7. The third kappa shape index (κ3) is 1.88. The summed E-state index contributed by atoms with van der Waals surface area (Å²) in [5, 5.41) is 0. The monoisotopic (exact) mass is 288 g/mol. The zero-order valence-corrected chi connectivity index (χ0v) is 12.0. The Labute approximate surface area is 123 Å². The van der Waals surface area contributed by atoms with E-state index in [4.69, 9.17) is 9.15 Å². The highest BCUT2D eigenvalue weighted by molar-refractivity contribution is 5.88. The molecule has 0 bridgehead atoms. The van der Waals surface area contributed by atoms with Crippen LogP contribution in [-0.2, 0) is 14.3 Å². The number of ketones is 1. The second kappa shape index (κ2) is 4.72. The molecule has 2 aliphatic carbocycles. The normalized spacial score (nSPS) is 39.3. The first-order valence-corrected chi connectivity index (χ1v) is 7.96. The van der Waals surface area contributed by atoms with E-state index in [-0.39, 0.29) is 23.9 Å². The molecule has 21 heavy (non-hydrogen) atoms. The van der Waals surface area contributed by atoms with Gasteiger partial charge in [-0.3, -0.25) is 9.59 Å². The number of hydrogen-bond acceptors (Lipinski definition) is 4. The van der Waals surface area contributed by atoms with E-state index in [1.165, 1.54) is 0 Å². The van der Waals surface area contributed by atoms with Crippen LogP contribution >= 0.6 is 0 Å². The topological polar surface area (TPSA) is 56.5 Å². The Kier molecular flexibility index (Phi) is 2.95. The number of esters is 1. The lowest BCUT2D eigenvalue weighted by atomic mass is 9.56. The van der Waals surface area contributed by atoms with E-state index < -0.39 is 5.41 Å². The Hall–Kier alpha value is -1.58. The molecule has 4 rings (SSSR count). The Morgan fingerprint density at radius 3 is 2.86 bits per heavy atom. The number of fused-ring (bicyclic) bond motifs is 2. The van der Waals surface area contributed by atoms with Gasteiger partial charge in [-0.2, -0.15) is 0 Å². The van der Waals surface area contributed by atoms with Crippen LogP contribution in [0.4, 0.5) is 0 Å². The largest absolute Gasteiger partial charge is 0.472 e. The molecule has 1 aliphatic heterocycles. The van der Waals surface area contributed by atoms with Gasteiger partial charge in [0.1, 0.15) is 11.9 Å². The number of Topliss-reactive ketones (excluding diaryl/α,β-unsaturated/α-hetero) is 1. The van der Waals surface area contributed by atoms with Crippen LogP contribution in [0, 0.1) is 17.3 Å². The molecule has 3 aliphatic rings. The quantitative estimate of drug-likeness (QED) is 0.743. The minimum atomic E-state index is -0.430. The fraction of sp³-hybridized carbons (Fsp3) is 0.647. The van der Waals surface area contributed by atoms with Crippen LogP contribution in [0.1, 0.15) is 56.6 Å². The third-order valence-electron chi connectivity index (χ3n) is 5.83. The van der Waals surface area contributed by atoms with Gasteiger partial charge in [-0.1, -0.05) is 12.8 Å². The highest BCUT2D eigenvalue weighted by Crippen LogP contribution is 2.57. The van der Waals surface area contributed by atoms with Gasteiger partial charge in [0.15, 0.2) is 0 Å². The molecule has 4 heteroatoms. The molecule has 2 saturated carbocycles. The fourth-order valence-electron chi connectivity index (χ4n) is 4.75. The van der Waals surface area contributed by atoms with Gasteiger partial charge >= 0.3 is 5.97 Å². The maximum Gasteiger partial charge on any atom is 0.313 e. The lowest BCUT2D eigenvalue weighted by Gasteiger charge is -2.45. The number of carbonyl (C=O) groups excluding carboxylic acids is 2. The molecule has 1 aromatic heterocycles. The molecule has 0 N–H and O–H groups in total. The second-order valence-electron chi connectivity index (χ2n) is 6.77. The van der Waals surface area contributed by atoms with Crippen molar-refractivity contribution in [2.75, 3.05) is 0 Å². The SMILES string of the molecule is O=C1CC[C@]2(C[C@@H](c3ccoc3)OC2=O)[C@H]2CCCC[C@@H]12. The Morgan fingerprint density at radius 1 is 1.19 bits per heavy atom. The van der Waals surface area contributed by atoms with Gasteiger partial charge in [0.05, 0.1) is 17.9 Å². The van der Waals surface area contributed by atoms with Crippen molar-refractivity contribution in [3.8, 4) is 0 Å². The highest BCUT2D eigenvalue weighted by Gasteiger charge is 2.59. The zero-order valence-electron chi connectivity index (χ0n) is 12.0. The number of cyclic esters (lactones) is 1. The fourth-order valence-corrected chi connectivity index (χ4v) is 4.75. The van der Waals surface area contributed by atoms with E-state index in [1.807, 2.05) is 6.07 Å². The van der Waals surface area contributed by atoms with Crippen molar-refractivity contribution in [2.45, 2.75) is 51.0 Å². The van der Waals surface area contributed by atoms with E-state index >= 15 is 0 Å². The maximum atomic E-state index is 12.7. The van der Waals surface area contributed by atoms with Crippen LogP contribution in [-0.4, -0.2) is 11.8 Å². The van der Waals surface area contributed by atoms with Crippen molar-refractivity contribution in [3.05, 3.63) is 24.2 Å². The molecular formula is C17H20O4. The number of carbonyl (C=O) groups is 2. The number of furan rings is 1. The molecule has 1 saturated heterocycles. The van der Waals surface area contributed by atoms with Gasteiger partial charge < -0.3 is 9.15 Å². The van der Waals surface area contributed by atoms with Crippen molar-refractivity contribution >= 4 is 11.8 Å². The van der Waals surface area contributed by atoms with Gasteiger partial charge in [-0.25, -0.2) is 0 Å². The Balaban J connectivity index is 1.66. The summed E-state index contributed by atoms with van der Waals surface area (Å²) < 4.78 is 10.8. The molecule has 0 aromatic carbocycles. The summed E-state index contributed by atoms with van der Waals surface area (Å²) in [5.74, 6) is 0.558. The summed E-state index contributed by atoms with van der Waals surface area (Å²) in [7, 11) is 0. The van der Waals surface area contributed by atoms with Crippen molar-refractivity contribution in [2.24, 2.45) is 17.3 Å². The van der Waals surface area contributed by atoms with Crippen LogP contribution in [0.15, 0.2) is 23.0 Å². The van der Waals surface area contributed by atoms with Crippen LogP contribution in [0.5, 0.6) is 0 Å². The minimum absolute atomic E-state index is 0.0851. The zero-order chi connectivity index (χ0) is 14.4. The first-order chi connectivity index (χ1) is 10.2. The summed E-state index contributed by atoms with van der Waals surface area (Å²) in [4.78, 5) is 24.9. The lowest BCUT2D eigenvalue weighted by Crippen LogP contribution is -2.47. The summed E-state index contributed by atoms with van der Waals surface area (Å²) in [6.07, 6.45) is 9.16. The molecule has 0 unspecified atom stereocenters. The van der Waals surface area contributed by atoms with Crippen LogP contribution in [0.3, 0.4) is 0 Å². The van der Waals surface area contributed by atoms with Crippen molar-refractivity contribution in [3.63, 3.8) is 0 Å². The van der Waals surface area contributed by atoms with Crippen molar-refractivity contribution in [1.82, 2.24) is 0 Å². The third-order valence-corrected chi connectivity index (χ3v) is 5.83. The van der Waals surface area contributed by atoms with Crippen LogP contribution in [0.2, 0.25) is 0 Å². The van der Waals surface area contributed by atoms with Gasteiger partial charge in [0.25, 0.3) is 0 Å².